The van der Waals surface area contributed by atoms with Gasteiger partial charge in [-0.2, -0.15) is 0 Å². The Kier molecular flexibility index (Phi) is 7.63. The molecule has 0 amide bonds. The molecule has 0 radical (unpaired) electrons. The van der Waals surface area contributed by atoms with E-state index in [9.17, 15) is 9.90 Å². The van der Waals surface area contributed by atoms with E-state index < -0.39 is 12.1 Å². The lowest BCUT2D eigenvalue weighted by molar-refractivity contribution is 0.0290. The number of aromatic carboxylic acids is 1. The summed E-state index contributed by atoms with van der Waals surface area (Å²) in [6, 6.07) is 15.8. The molecule has 4 rings (SSSR count). The predicted molar refractivity (Wildman–Crippen MR) is 133 cm³/mol. The molecule has 2 heterocycles. The van der Waals surface area contributed by atoms with E-state index in [1.165, 1.54) is 16.9 Å². The smallest absolute Gasteiger partial charge is 0.345 e. The first-order chi connectivity index (χ1) is 16.3. The number of ether oxygens (including phenoxy) is 1. The van der Waals surface area contributed by atoms with Crippen molar-refractivity contribution < 1.29 is 24.2 Å². The summed E-state index contributed by atoms with van der Waals surface area (Å²) >= 11 is 7.67. The van der Waals surface area contributed by atoms with Gasteiger partial charge in [-0.25, -0.2) is 4.79 Å². The van der Waals surface area contributed by atoms with Crippen LogP contribution in [0.3, 0.4) is 0 Å². The number of hydrogen-bond acceptors (Lipinski definition) is 5. The van der Waals surface area contributed by atoms with Gasteiger partial charge in [0.1, 0.15) is 10.6 Å². The molecule has 1 aromatic carbocycles. The molecule has 5 nitrogen and oxygen atoms in total. The highest BCUT2D eigenvalue weighted by Crippen LogP contribution is 2.39. The van der Waals surface area contributed by atoms with Crippen molar-refractivity contribution in [2.45, 2.75) is 44.8 Å². The van der Waals surface area contributed by atoms with Gasteiger partial charge in [0, 0.05) is 39.1 Å². The average Bonchev–Trinajstić information content (AvgIpc) is 3.53. The maximum Gasteiger partial charge on any atom is 0.345 e. The Labute approximate surface area is 208 Å². The number of aliphatic hydroxyl groups excluding tert-OH is 1. The molecule has 3 aromatic rings. The largest absolute Gasteiger partial charge is 0.477 e. The number of carbonyl (C=O) groups is 1. The highest BCUT2D eigenvalue weighted by atomic mass is 35.5. The van der Waals surface area contributed by atoms with Crippen molar-refractivity contribution in [3.8, 4) is 0 Å². The average molecular weight is 501 g/mol. The molecule has 0 saturated carbocycles. The lowest BCUT2D eigenvalue weighted by atomic mass is 9.79. The first-order valence-electron chi connectivity index (χ1n) is 11.3. The van der Waals surface area contributed by atoms with Gasteiger partial charge in [-0.3, -0.25) is 0 Å². The summed E-state index contributed by atoms with van der Waals surface area (Å²) in [4.78, 5) is 12.2. The second-order valence-corrected chi connectivity index (χ2v) is 10.8. The SMILES string of the molecule is CC(C)(c1ccccc1)c1coc(CCC2C(Cl)=CC(O)[C@@H]2COCc2ccc(C(=O)O)s2)c1. The van der Waals surface area contributed by atoms with Crippen molar-refractivity contribution in [1.82, 2.24) is 0 Å². The molecule has 34 heavy (non-hydrogen) atoms. The molecular formula is C27H29ClO5S. The van der Waals surface area contributed by atoms with E-state index in [0.29, 0.717) is 24.7 Å². The number of halogens is 1. The summed E-state index contributed by atoms with van der Waals surface area (Å²) in [7, 11) is 0. The van der Waals surface area contributed by atoms with E-state index in [2.05, 4.69) is 32.0 Å². The molecule has 0 spiro atoms. The van der Waals surface area contributed by atoms with Crippen LogP contribution in [-0.4, -0.2) is 28.9 Å². The first-order valence-corrected chi connectivity index (χ1v) is 12.5. The maximum atomic E-state index is 11.0. The second kappa shape index (κ2) is 10.5. The molecule has 2 N–H and O–H groups in total. The first kappa shape index (κ1) is 24.7. The topological polar surface area (TPSA) is 79.9 Å². The molecular weight excluding hydrogens is 472 g/mol. The molecule has 7 heteroatoms. The summed E-state index contributed by atoms with van der Waals surface area (Å²) in [6.45, 7) is 5.01. The molecule has 1 aliphatic carbocycles. The van der Waals surface area contributed by atoms with Gasteiger partial charge in [-0.15, -0.1) is 11.3 Å². The van der Waals surface area contributed by atoms with Crippen LogP contribution in [0.25, 0.3) is 0 Å². The van der Waals surface area contributed by atoms with Gasteiger partial charge in [-0.1, -0.05) is 55.8 Å². The third kappa shape index (κ3) is 5.47. The van der Waals surface area contributed by atoms with E-state index in [-0.39, 0.29) is 22.1 Å². The zero-order valence-corrected chi connectivity index (χ0v) is 20.8. The minimum atomic E-state index is -0.938. The molecule has 2 aromatic heterocycles. The third-order valence-electron chi connectivity index (χ3n) is 6.64. The number of aryl methyl sites for hydroxylation is 1. The number of furan rings is 1. The Morgan fingerprint density at radius 2 is 1.94 bits per heavy atom. The number of rotatable bonds is 10. The number of aliphatic hydroxyl groups is 1. The predicted octanol–water partition coefficient (Wildman–Crippen LogP) is 6.24. The Balaban J connectivity index is 1.35. The van der Waals surface area contributed by atoms with Crippen LogP contribution in [0.15, 0.2) is 70.3 Å². The van der Waals surface area contributed by atoms with Crippen molar-refractivity contribution in [2.24, 2.45) is 11.8 Å². The van der Waals surface area contributed by atoms with Gasteiger partial charge in [0.15, 0.2) is 0 Å². The van der Waals surface area contributed by atoms with Gasteiger partial charge in [-0.05, 0) is 36.3 Å². The summed E-state index contributed by atoms with van der Waals surface area (Å²) in [6.07, 6.45) is 4.30. The number of hydrogen-bond donors (Lipinski definition) is 2. The normalized spacial score (nSPS) is 20.5. The lowest BCUT2D eigenvalue weighted by Gasteiger charge is -2.24. The van der Waals surface area contributed by atoms with E-state index in [1.54, 1.807) is 18.2 Å². The van der Waals surface area contributed by atoms with Crippen molar-refractivity contribution >= 4 is 28.9 Å². The number of carboxylic acids is 1. The third-order valence-corrected chi connectivity index (χ3v) is 8.09. The van der Waals surface area contributed by atoms with Crippen molar-refractivity contribution in [2.75, 3.05) is 6.61 Å². The van der Waals surface area contributed by atoms with Crippen molar-refractivity contribution in [3.05, 3.63) is 92.5 Å². The Hall–Kier alpha value is -2.38. The van der Waals surface area contributed by atoms with E-state index >= 15 is 0 Å². The van der Waals surface area contributed by atoms with Crippen LogP contribution >= 0.6 is 22.9 Å². The molecule has 0 bridgehead atoms. The summed E-state index contributed by atoms with van der Waals surface area (Å²) < 4.78 is 11.7. The van der Waals surface area contributed by atoms with Gasteiger partial charge in [0.05, 0.1) is 25.6 Å². The highest BCUT2D eigenvalue weighted by Gasteiger charge is 2.36. The monoisotopic (exact) mass is 500 g/mol. The molecule has 180 valence electrons. The van der Waals surface area contributed by atoms with Gasteiger partial charge in [0.25, 0.3) is 0 Å². The molecule has 2 unspecified atom stereocenters. The van der Waals surface area contributed by atoms with Crippen molar-refractivity contribution in [3.63, 3.8) is 0 Å². The van der Waals surface area contributed by atoms with Crippen LogP contribution in [0.4, 0.5) is 0 Å². The summed E-state index contributed by atoms with van der Waals surface area (Å²) in [5.41, 5.74) is 2.19. The number of carboxylic acid groups (broad SMARTS) is 1. The highest BCUT2D eigenvalue weighted by molar-refractivity contribution is 7.13. The standard InChI is InChI=1S/C27H29ClO5S/c1-27(2,17-6-4-3-5-7-17)18-12-19(33-14-18)8-10-21-22(24(29)13-23(21)28)16-32-15-20-9-11-25(34-20)26(30)31/h3-7,9,11-14,21-22,24,29H,8,10,15-16H2,1-2H3,(H,30,31)/t21?,22-,24?/m1/s1. The number of allylic oxidation sites excluding steroid dienone is 1. The minimum absolute atomic E-state index is 0.0229. The Morgan fingerprint density at radius 1 is 1.18 bits per heavy atom. The minimum Gasteiger partial charge on any atom is -0.477 e. The lowest BCUT2D eigenvalue weighted by Crippen LogP contribution is -2.26. The van der Waals surface area contributed by atoms with E-state index in [0.717, 1.165) is 22.6 Å². The van der Waals surface area contributed by atoms with Crippen LogP contribution in [0.5, 0.6) is 0 Å². The van der Waals surface area contributed by atoms with Gasteiger partial charge >= 0.3 is 5.97 Å². The second-order valence-electron chi connectivity index (χ2n) is 9.23. The van der Waals surface area contributed by atoms with Crippen LogP contribution in [0, 0.1) is 11.8 Å². The molecule has 0 saturated heterocycles. The van der Waals surface area contributed by atoms with Crippen LogP contribution in [0.2, 0.25) is 0 Å². The summed E-state index contributed by atoms with van der Waals surface area (Å²) in [5.74, 6) is -0.220. The zero-order valence-electron chi connectivity index (χ0n) is 19.2. The van der Waals surface area contributed by atoms with Crippen LogP contribution < -0.4 is 0 Å². The van der Waals surface area contributed by atoms with Gasteiger partial charge in [0.2, 0.25) is 0 Å². The fourth-order valence-corrected chi connectivity index (χ4v) is 5.63. The zero-order chi connectivity index (χ0) is 24.3. The summed E-state index contributed by atoms with van der Waals surface area (Å²) in [5, 5.41) is 20.2. The fourth-order valence-electron chi connectivity index (χ4n) is 4.44. The Bertz CT molecular complexity index is 1150. The molecule has 1 aliphatic rings. The molecule has 0 fully saturated rings. The number of benzene rings is 1. The molecule has 3 atom stereocenters. The quantitative estimate of drug-likeness (QED) is 0.344. The molecule has 0 aliphatic heterocycles. The maximum absolute atomic E-state index is 11.0. The van der Waals surface area contributed by atoms with E-state index in [1.807, 2.05) is 24.5 Å². The van der Waals surface area contributed by atoms with Crippen LogP contribution in [-0.2, 0) is 23.2 Å². The van der Waals surface area contributed by atoms with E-state index in [4.69, 9.17) is 25.9 Å². The number of thiophene rings is 1. The van der Waals surface area contributed by atoms with Crippen molar-refractivity contribution in [1.29, 1.82) is 0 Å². The van der Waals surface area contributed by atoms with Crippen LogP contribution in [0.1, 0.15) is 51.7 Å². The Morgan fingerprint density at radius 3 is 2.65 bits per heavy atom. The van der Waals surface area contributed by atoms with Gasteiger partial charge < -0.3 is 19.4 Å². The fraction of sp³-hybridized carbons (Fsp3) is 0.370.